The van der Waals surface area contributed by atoms with Crippen LogP contribution in [0.3, 0.4) is 0 Å². The molecule has 0 unspecified atom stereocenters. The van der Waals surface area contributed by atoms with Crippen molar-refractivity contribution < 1.29 is 13.2 Å². The molecular formula is C11H15Cl2NO3S. The van der Waals surface area contributed by atoms with Crippen molar-refractivity contribution in [1.29, 1.82) is 0 Å². The molecule has 0 fully saturated rings. The van der Waals surface area contributed by atoms with Gasteiger partial charge in [0.25, 0.3) is 0 Å². The van der Waals surface area contributed by atoms with Crippen molar-refractivity contribution in [3.8, 4) is 0 Å². The largest absolute Gasteiger partial charge is 0.294 e. The molecule has 102 valence electrons. The zero-order valence-electron chi connectivity index (χ0n) is 10.0. The summed E-state index contributed by atoms with van der Waals surface area (Å²) in [4.78, 5) is 11.5. The van der Waals surface area contributed by atoms with E-state index in [1.165, 1.54) is 16.5 Å². The summed E-state index contributed by atoms with van der Waals surface area (Å²) in [7, 11) is -3.66. The zero-order chi connectivity index (χ0) is 13.8. The van der Waals surface area contributed by atoms with Crippen LogP contribution in [0.15, 0.2) is 22.6 Å². The molecule has 7 heteroatoms. The Morgan fingerprint density at radius 2 is 1.78 bits per heavy atom. The Morgan fingerprint density at radius 1 is 1.22 bits per heavy atom. The van der Waals surface area contributed by atoms with Gasteiger partial charge in [-0.1, -0.05) is 6.08 Å². The van der Waals surface area contributed by atoms with E-state index in [0.717, 1.165) is 0 Å². The molecule has 0 saturated carbocycles. The summed E-state index contributed by atoms with van der Waals surface area (Å²) in [5.41, 5.74) is 0.587. The summed E-state index contributed by atoms with van der Waals surface area (Å²) < 4.78 is 26.0. The summed E-state index contributed by atoms with van der Waals surface area (Å²) in [6.07, 6.45) is 2.83. The number of hydrogen-bond acceptors (Lipinski definition) is 3. The molecule has 0 saturated heterocycles. The molecule has 18 heavy (non-hydrogen) atoms. The lowest BCUT2D eigenvalue weighted by atomic mass is 10.1. The molecule has 0 N–H and O–H groups in total. The molecule has 4 nitrogen and oxygen atoms in total. The van der Waals surface area contributed by atoms with E-state index in [1.807, 2.05) is 0 Å². The number of rotatable bonds is 6. The predicted octanol–water partition coefficient (Wildman–Crippen LogP) is 1.90. The second-order valence-corrected chi connectivity index (χ2v) is 6.58. The highest BCUT2D eigenvalue weighted by molar-refractivity contribution is 7.93. The SMILES string of the molecule is CC1=C(S(=O)(=O)N(CCCl)CCCl)CC(=O)C=C1. The second-order valence-electron chi connectivity index (χ2n) is 3.86. The molecular weight excluding hydrogens is 297 g/mol. The summed E-state index contributed by atoms with van der Waals surface area (Å²) in [5.74, 6) is 0.161. The summed E-state index contributed by atoms with van der Waals surface area (Å²) >= 11 is 11.2. The van der Waals surface area contributed by atoms with Gasteiger partial charge in [-0.15, -0.1) is 23.2 Å². The summed E-state index contributed by atoms with van der Waals surface area (Å²) in [6.45, 7) is 2.05. The van der Waals surface area contributed by atoms with Crippen molar-refractivity contribution in [1.82, 2.24) is 4.31 Å². The molecule has 0 aromatic carbocycles. The van der Waals surface area contributed by atoms with Crippen LogP contribution in [0.25, 0.3) is 0 Å². The minimum Gasteiger partial charge on any atom is -0.294 e. The van der Waals surface area contributed by atoms with E-state index in [4.69, 9.17) is 23.2 Å². The Morgan fingerprint density at radius 3 is 2.28 bits per heavy atom. The number of halogens is 2. The van der Waals surface area contributed by atoms with Gasteiger partial charge in [-0.2, -0.15) is 4.31 Å². The third kappa shape index (κ3) is 3.57. The van der Waals surface area contributed by atoms with Gasteiger partial charge in [-0.25, -0.2) is 8.42 Å². The average Bonchev–Trinajstić information content (AvgIpc) is 2.32. The Hall–Kier alpha value is -0.360. The third-order valence-electron chi connectivity index (χ3n) is 2.61. The highest BCUT2D eigenvalue weighted by atomic mass is 35.5. The monoisotopic (exact) mass is 311 g/mol. The van der Waals surface area contributed by atoms with Gasteiger partial charge in [-0.05, 0) is 18.6 Å². The first-order chi connectivity index (χ1) is 8.43. The molecule has 0 aromatic rings. The predicted molar refractivity (Wildman–Crippen MR) is 73.4 cm³/mol. The molecule has 0 amide bonds. The lowest BCUT2D eigenvalue weighted by Gasteiger charge is -2.23. The van der Waals surface area contributed by atoms with E-state index in [9.17, 15) is 13.2 Å². The highest BCUT2D eigenvalue weighted by Crippen LogP contribution is 2.25. The van der Waals surface area contributed by atoms with Crippen molar-refractivity contribution in [2.24, 2.45) is 0 Å². The fourth-order valence-corrected chi connectivity index (χ4v) is 4.04. The standard InChI is InChI=1S/C11H15Cl2NO3S/c1-9-2-3-10(15)8-11(9)18(16,17)14(6-4-12)7-5-13/h2-3H,4-8H2,1H3. The maximum Gasteiger partial charge on any atom is 0.240 e. The second kappa shape index (κ2) is 6.70. The van der Waals surface area contributed by atoms with E-state index in [1.54, 1.807) is 6.92 Å². The van der Waals surface area contributed by atoms with Gasteiger partial charge in [0.1, 0.15) is 0 Å². The van der Waals surface area contributed by atoms with Crippen LogP contribution in [-0.4, -0.2) is 43.4 Å². The maximum absolute atomic E-state index is 12.4. The molecule has 1 rings (SSSR count). The first kappa shape index (κ1) is 15.7. The average molecular weight is 312 g/mol. The van der Waals surface area contributed by atoms with Crippen molar-refractivity contribution in [2.75, 3.05) is 24.8 Å². The molecule has 0 aromatic heterocycles. The Balaban J connectivity index is 3.11. The molecule has 0 spiro atoms. The van der Waals surface area contributed by atoms with E-state index < -0.39 is 10.0 Å². The molecule has 0 radical (unpaired) electrons. The van der Waals surface area contributed by atoms with Crippen LogP contribution in [0.2, 0.25) is 0 Å². The number of alkyl halides is 2. The van der Waals surface area contributed by atoms with Crippen molar-refractivity contribution in [3.63, 3.8) is 0 Å². The fourth-order valence-electron chi connectivity index (χ4n) is 1.66. The van der Waals surface area contributed by atoms with E-state index in [0.29, 0.717) is 5.57 Å². The van der Waals surface area contributed by atoms with E-state index in [2.05, 4.69) is 0 Å². The Kier molecular flexibility index (Phi) is 5.85. The molecule has 0 bridgehead atoms. The van der Waals surface area contributed by atoms with Crippen molar-refractivity contribution >= 4 is 39.0 Å². The normalized spacial score (nSPS) is 16.8. The van der Waals surface area contributed by atoms with E-state index >= 15 is 0 Å². The van der Waals surface area contributed by atoms with Crippen LogP contribution in [0.1, 0.15) is 13.3 Å². The number of carbonyl (C=O) groups excluding carboxylic acids is 1. The third-order valence-corrected chi connectivity index (χ3v) is 5.09. The van der Waals surface area contributed by atoms with Gasteiger partial charge in [0, 0.05) is 31.3 Å². The van der Waals surface area contributed by atoms with Gasteiger partial charge in [0.15, 0.2) is 5.78 Å². The van der Waals surface area contributed by atoms with Crippen molar-refractivity contribution in [3.05, 3.63) is 22.6 Å². The topological polar surface area (TPSA) is 54.5 Å². The fraction of sp³-hybridized carbons (Fsp3) is 0.545. The summed E-state index contributed by atoms with van der Waals surface area (Å²) in [5, 5.41) is 0. The van der Waals surface area contributed by atoms with E-state index in [-0.39, 0.29) is 42.0 Å². The molecule has 0 aliphatic heterocycles. The smallest absolute Gasteiger partial charge is 0.240 e. The zero-order valence-corrected chi connectivity index (χ0v) is 12.4. The Bertz CT molecular complexity index is 477. The number of carbonyl (C=O) groups is 1. The van der Waals surface area contributed by atoms with Crippen molar-refractivity contribution in [2.45, 2.75) is 13.3 Å². The van der Waals surface area contributed by atoms with Crippen LogP contribution in [0, 0.1) is 0 Å². The Labute approximate surface area is 117 Å². The lowest BCUT2D eigenvalue weighted by molar-refractivity contribution is -0.114. The van der Waals surface area contributed by atoms with Gasteiger partial charge in [0.05, 0.1) is 4.91 Å². The molecule has 0 atom stereocenters. The number of nitrogens with zero attached hydrogens (tertiary/aromatic N) is 1. The van der Waals surface area contributed by atoms with Crippen LogP contribution in [0.4, 0.5) is 0 Å². The van der Waals surface area contributed by atoms with Gasteiger partial charge in [0.2, 0.25) is 10.0 Å². The number of hydrogen-bond donors (Lipinski definition) is 0. The number of ketones is 1. The van der Waals surface area contributed by atoms with Gasteiger partial charge < -0.3 is 0 Å². The quantitative estimate of drug-likeness (QED) is 0.704. The first-order valence-corrected chi connectivity index (χ1v) is 7.97. The minimum atomic E-state index is -3.66. The number of allylic oxidation sites excluding steroid dienone is 4. The minimum absolute atomic E-state index is 0.0915. The summed E-state index contributed by atoms with van der Waals surface area (Å²) in [6, 6.07) is 0. The maximum atomic E-state index is 12.4. The lowest BCUT2D eigenvalue weighted by Crippen LogP contribution is -2.36. The van der Waals surface area contributed by atoms with Gasteiger partial charge in [-0.3, -0.25) is 4.79 Å². The highest BCUT2D eigenvalue weighted by Gasteiger charge is 2.29. The van der Waals surface area contributed by atoms with Crippen LogP contribution in [-0.2, 0) is 14.8 Å². The molecule has 1 aliphatic rings. The van der Waals surface area contributed by atoms with Crippen LogP contribution >= 0.6 is 23.2 Å². The molecule has 0 heterocycles. The van der Waals surface area contributed by atoms with Crippen LogP contribution in [0.5, 0.6) is 0 Å². The first-order valence-electron chi connectivity index (χ1n) is 5.46. The number of sulfonamides is 1. The molecule has 1 aliphatic carbocycles. The van der Waals surface area contributed by atoms with Gasteiger partial charge >= 0.3 is 0 Å². The van der Waals surface area contributed by atoms with Crippen LogP contribution < -0.4 is 0 Å².